The minimum atomic E-state index is -4.00. The number of carbonyl (C=O) groups is 1. The van der Waals surface area contributed by atoms with Crippen LogP contribution in [-0.4, -0.2) is 24.3 Å². The number of H-pyrrole nitrogens is 1. The van der Waals surface area contributed by atoms with E-state index < -0.39 is 21.7 Å². The monoisotopic (exact) mass is 442 g/mol. The molecule has 3 N–H and O–H groups in total. The van der Waals surface area contributed by atoms with Crippen LogP contribution < -0.4 is 10.0 Å². The quantitative estimate of drug-likeness (QED) is 0.413. The van der Waals surface area contributed by atoms with E-state index in [1.54, 1.807) is 23.7 Å². The maximum Gasteiger partial charge on any atom is 0.261 e. The first kappa shape index (κ1) is 19.8. The van der Waals surface area contributed by atoms with Gasteiger partial charge in [-0.25, -0.2) is 17.8 Å². The Kier molecular flexibility index (Phi) is 5.34. The van der Waals surface area contributed by atoms with Crippen molar-refractivity contribution >= 4 is 38.1 Å². The number of amides is 1. The highest BCUT2D eigenvalue weighted by molar-refractivity contribution is 7.92. The molecule has 0 radical (unpaired) electrons. The fraction of sp³-hybridized carbons (Fsp3) is 0. The molecule has 4 rings (SSSR count). The van der Waals surface area contributed by atoms with Gasteiger partial charge in [-0.15, -0.1) is 11.3 Å². The van der Waals surface area contributed by atoms with Crippen LogP contribution in [0.3, 0.4) is 0 Å². The summed E-state index contributed by atoms with van der Waals surface area (Å²) in [6.07, 6.45) is 1.77. The van der Waals surface area contributed by atoms with E-state index in [0.717, 1.165) is 30.0 Å². The van der Waals surface area contributed by atoms with Crippen molar-refractivity contribution in [3.8, 4) is 11.4 Å². The van der Waals surface area contributed by atoms with Crippen LogP contribution in [0, 0.1) is 5.82 Å². The van der Waals surface area contributed by atoms with E-state index >= 15 is 0 Å². The van der Waals surface area contributed by atoms with Gasteiger partial charge in [-0.05, 0) is 48.5 Å². The Morgan fingerprint density at radius 1 is 1.03 bits per heavy atom. The molecule has 0 saturated heterocycles. The summed E-state index contributed by atoms with van der Waals surface area (Å²) in [6, 6.07) is 14.3. The van der Waals surface area contributed by atoms with Gasteiger partial charge in [0.25, 0.3) is 15.9 Å². The Labute approximate surface area is 175 Å². The van der Waals surface area contributed by atoms with Gasteiger partial charge in [0.2, 0.25) is 0 Å². The number of aromatic amines is 1. The van der Waals surface area contributed by atoms with Gasteiger partial charge in [0.1, 0.15) is 5.82 Å². The molecule has 4 aromatic rings. The van der Waals surface area contributed by atoms with Crippen LogP contribution >= 0.6 is 11.3 Å². The molecule has 10 heteroatoms. The van der Waals surface area contributed by atoms with Gasteiger partial charge >= 0.3 is 0 Å². The molecule has 30 heavy (non-hydrogen) atoms. The topological polar surface area (TPSA) is 104 Å². The number of anilines is 2. The smallest absolute Gasteiger partial charge is 0.261 e. The largest absolute Gasteiger partial charge is 0.360 e. The summed E-state index contributed by atoms with van der Waals surface area (Å²) in [5, 5.41) is 4.86. The SMILES string of the molecule is O=C(Nc1nc(-c2ccc[nH]2)cs1)c1ccccc1NS(=O)(=O)c1ccc(F)cc1. The second-order valence-corrected chi connectivity index (χ2v) is 8.72. The minimum absolute atomic E-state index is 0.0977. The van der Waals surface area contributed by atoms with Crippen LogP contribution in [0.5, 0.6) is 0 Å². The number of carbonyl (C=O) groups excluding carboxylic acids is 1. The summed E-state index contributed by atoms with van der Waals surface area (Å²) in [7, 11) is -4.00. The minimum Gasteiger partial charge on any atom is -0.360 e. The summed E-state index contributed by atoms with van der Waals surface area (Å²) in [5.41, 5.74) is 1.73. The van der Waals surface area contributed by atoms with Gasteiger partial charge in [-0.3, -0.25) is 14.8 Å². The Hall–Kier alpha value is -3.50. The van der Waals surface area contributed by atoms with Crippen molar-refractivity contribution in [2.75, 3.05) is 10.0 Å². The Morgan fingerprint density at radius 2 is 1.80 bits per heavy atom. The van der Waals surface area contributed by atoms with Crippen molar-refractivity contribution in [1.82, 2.24) is 9.97 Å². The summed E-state index contributed by atoms with van der Waals surface area (Å²) < 4.78 is 40.7. The summed E-state index contributed by atoms with van der Waals surface area (Å²) >= 11 is 1.25. The summed E-state index contributed by atoms with van der Waals surface area (Å²) in [5.74, 6) is -1.06. The number of nitrogens with zero attached hydrogens (tertiary/aromatic N) is 1. The number of aromatic nitrogens is 2. The van der Waals surface area contributed by atoms with Gasteiger partial charge in [0, 0.05) is 11.6 Å². The zero-order valence-electron chi connectivity index (χ0n) is 15.3. The van der Waals surface area contributed by atoms with E-state index in [4.69, 9.17) is 0 Å². The third-order valence-corrected chi connectivity index (χ3v) is 6.28. The number of hydrogen-bond donors (Lipinski definition) is 3. The number of halogens is 1. The predicted octanol–water partition coefficient (Wildman–Crippen LogP) is 4.33. The molecule has 2 heterocycles. The van der Waals surface area contributed by atoms with Crippen molar-refractivity contribution in [2.24, 2.45) is 0 Å². The van der Waals surface area contributed by atoms with Gasteiger partial charge in [-0.2, -0.15) is 0 Å². The first-order valence-electron chi connectivity index (χ1n) is 8.70. The lowest BCUT2D eigenvalue weighted by Gasteiger charge is -2.12. The number of rotatable bonds is 6. The van der Waals surface area contributed by atoms with E-state index in [9.17, 15) is 17.6 Å². The van der Waals surface area contributed by atoms with E-state index in [0.29, 0.717) is 10.8 Å². The van der Waals surface area contributed by atoms with E-state index in [-0.39, 0.29) is 16.1 Å². The van der Waals surface area contributed by atoms with Crippen LogP contribution in [0.15, 0.2) is 77.1 Å². The normalized spacial score (nSPS) is 11.2. The molecule has 152 valence electrons. The molecule has 7 nitrogen and oxygen atoms in total. The molecule has 2 aromatic carbocycles. The first-order valence-corrected chi connectivity index (χ1v) is 11.1. The Balaban J connectivity index is 1.55. The fourth-order valence-corrected chi connectivity index (χ4v) is 4.48. The van der Waals surface area contributed by atoms with Gasteiger partial charge in [0.15, 0.2) is 5.13 Å². The fourth-order valence-electron chi connectivity index (χ4n) is 2.70. The van der Waals surface area contributed by atoms with Gasteiger partial charge < -0.3 is 4.98 Å². The van der Waals surface area contributed by atoms with Crippen LogP contribution in [0.25, 0.3) is 11.4 Å². The van der Waals surface area contributed by atoms with Crippen molar-refractivity contribution < 1.29 is 17.6 Å². The lowest BCUT2D eigenvalue weighted by atomic mass is 10.2. The molecule has 0 spiro atoms. The standard InChI is InChI=1S/C20H15FN4O3S2/c21-13-7-9-14(10-8-13)30(27,28)25-16-5-2-1-4-15(16)19(26)24-20-23-18(12-29-20)17-6-3-11-22-17/h1-12,22,25H,(H,23,24,26). The molecular formula is C20H15FN4O3S2. The number of hydrogen-bond acceptors (Lipinski definition) is 5. The van der Waals surface area contributed by atoms with Gasteiger partial charge in [0.05, 0.1) is 27.5 Å². The lowest BCUT2D eigenvalue weighted by molar-refractivity contribution is 0.102. The molecule has 2 aromatic heterocycles. The lowest BCUT2D eigenvalue weighted by Crippen LogP contribution is -2.18. The zero-order chi connectivity index (χ0) is 21.1. The molecule has 0 saturated carbocycles. The summed E-state index contributed by atoms with van der Waals surface area (Å²) in [4.78, 5) is 20.0. The second kappa shape index (κ2) is 8.09. The maximum absolute atomic E-state index is 13.1. The highest BCUT2D eigenvalue weighted by atomic mass is 32.2. The van der Waals surface area contributed by atoms with Gasteiger partial charge in [-0.1, -0.05) is 12.1 Å². The van der Waals surface area contributed by atoms with Crippen molar-refractivity contribution in [3.05, 3.63) is 83.6 Å². The molecule has 0 aliphatic heterocycles. The van der Waals surface area contributed by atoms with Crippen molar-refractivity contribution in [1.29, 1.82) is 0 Å². The molecule has 1 amide bonds. The molecular weight excluding hydrogens is 427 g/mol. The third kappa shape index (κ3) is 4.24. The van der Waals surface area contributed by atoms with Crippen LogP contribution in [0.1, 0.15) is 10.4 Å². The second-order valence-electron chi connectivity index (χ2n) is 6.18. The number of nitrogens with one attached hydrogen (secondary N) is 3. The van der Waals surface area contributed by atoms with E-state index in [1.165, 1.54) is 23.5 Å². The van der Waals surface area contributed by atoms with Crippen molar-refractivity contribution in [3.63, 3.8) is 0 Å². The number of thiazole rings is 1. The van der Waals surface area contributed by atoms with E-state index in [1.807, 2.05) is 12.1 Å². The van der Waals surface area contributed by atoms with Crippen LogP contribution in [0.4, 0.5) is 15.2 Å². The van der Waals surface area contributed by atoms with E-state index in [2.05, 4.69) is 20.0 Å². The molecule has 0 atom stereocenters. The van der Waals surface area contributed by atoms with Crippen molar-refractivity contribution in [2.45, 2.75) is 4.90 Å². The average Bonchev–Trinajstić information content (AvgIpc) is 3.40. The first-order chi connectivity index (χ1) is 14.4. The molecule has 0 unspecified atom stereocenters. The molecule has 0 fully saturated rings. The maximum atomic E-state index is 13.1. The Morgan fingerprint density at radius 3 is 2.53 bits per heavy atom. The average molecular weight is 442 g/mol. The molecule has 0 aliphatic rings. The predicted molar refractivity (Wildman–Crippen MR) is 114 cm³/mol. The number of para-hydroxylation sites is 1. The molecule has 0 aliphatic carbocycles. The van der Waals surface area contributed by atoms with Crippen LogP contribution in [-0.2, 0) is 10.0 Å². The zero-order valence-corrected chi connectivity index (χ0v) is 16.9. The van der Waals surface area contributed by atoms with Crippen LogP contribution in [0.2, 0.25) is 0 Å². The highest BCUT2D eigenvalue weighted by Crippen LogP contribution is 2.26. The molecule has 0 bridgehead atoms. The third-order valence-electron chi connectivity index (χ3n) is 4.14. The highest BCUT2D eigenvalue weighted by Gasteiger charge is 2.19. The number of benzene rings is 2. The summed E-state index contributed by atoms with van der Waals surface area (Å²) in [6.45, 7) is 0. The number of sulfonamides is 1. The Bertz CT molecular complexity index is 1280.